The van der Waals surface area contributed by atoms with Gasteiger partial charge in [0.25, 0.3) is 0 Å². The average Bonchev–Trinajstić information content (AvgIpc) is 3.52. The number of likely N-dealkylation sites (tertiary alicyclic amines) is 1. The van der Waals surface area contributed by atoms with Gasteiger partial charge in [0.05, 0.1) is 30.4 Å². The standard InChI is InChI=1S/C38H41F3N3O6P/c1-3-47-51(45,48-4-2)26-29-9-7-8-28(22-29)25-46-35-10-5-6-11-36(35)49-31-18-20-44(21-19-31)24-27-12-17-33-34(23-27)43-37(42-33)30-13-15-32(16-14-30)50-38(39,40)41/h5-17,22-23,31H,3-4,18-21,24-26H2,1-2H3,(H,42,43). The minimum atomic E-state index is -4.74. The first kappa shape index (κ1) is 36.4. The number of rotatable bonds is 15. The van der Waals surface area contributed by atoms with Gasteiger partial charge in [0, 0.05) is 25.2 Å². The van der Waals surface area contributed by atoms with Crippen LogP contribution in [-0.4, -0.2) is 53.6 Å². The van der Waals surface area contributed by atoms with Crippen molar-refractivity contribution in [2.45, 2.75) is 58.5 Å². The van der Waals surface area contributed by atoms with Gasteiger partial charge in [-0.3, -0.25) is 9.46 Å². The Morgan fingerprint density at radius 1 is 0.843 bits per heavy atom. The van der Waals surface area contributed by atoms with Crippen LogP contribution >= 0.6 is 7.60 Å². The number of fused-ring (bicyclic) bond motifs is 1. The molecule has 6 rings (SSSR count). The Balaban J connectivity index is 1.01. The minimum absolute atomic E-state index is 0.0474. The highest BCUT2D eigenvalue weighted by Gasteiger charge is 2.31. The molecule has 1 saturated heterocycles. The summed E-state index contributed by atoms with van der Waals surface area (Å²) < 4.78 is 78.1. The van der Waals surface area contributed by atoms with E-state index in [0.717, 1.165) is 60.2 Å². The maximum atomic E-state index is 13.0. The second-order valence-electron chi connectivity index (χ2n) is 12.3. The molecule has 270 valence electrons. The number of piperidine rings is 1. The van der Waals surface area contributed by atoms with Gasteiger partial charge in [-0.1, -0.05) is 42.5 Å². The van der Waals surface area contributed by atoms with Gasteiger partial charge in [-0.15, -0.1) is 13.2 Å². The molecule has 9 nitrogen and oxygen atoms in total. The lowest BCUT2D eigenvalue weighted by atomic mass is 10.1. The van der Waals surface area contributed by atoms with Crippen molar-refractivity contribution in [2.75, 3.05) is 26.3 Å². The van der Waals surface area contributed by atoms with Crippen LogP contribution in [0.15, 0.2) is 91.0 Å². The predicted molar refractivity (Wildman–Crippen MR) is 189 cm³/mol. The molecule has 1 N–H and O–H groups in total. The zero-order chi connectivity index (χ0) is 35.8. The predicted octanol–water partition coefficient (Wildman–Crippen LogP) is 9.52. The molecular weight excluding hydrogens is 682 g/mol. The Bertz CT molecular complexity index is 1930. The molecule has 1 aliphatic rings. The molecule has 0 saturated carbocycles. The number of hydrogen-bond donors (Lipinski definition) is 1. The summed E-state index contributed by atoms with van der Waals surface area (Å²) in [5.74, 6) is 1.66. The van der Waals surface area contributed by atoms with Gasteiger partial charge in [0.1, 0.15) is 24.3 Å². The van der Waals surface area contributed by atoms with Crippen molar-refractivity contribution >= 4 is 18.6 Å². The largest absolute Gasteiger partial charge is 0.573 e. The van der Waals surface area contributed by atoms with Crippen LogP contribution in [0.4, 0.5) is 13.2 Å². The molecular formula is C38H41F3N3O6P. The summed E-state index contributed by atoms with van der Waals surface area (Å²) in [6.07, 6.45) is -2.77. The molecule has 1 aliphatic heterocycles. The summed E-state index contributed by atoms with van der Waals surface area (Å²) in [7, 11) is -3.21. The third kappa shape index (κ3) is 10.1. The Kier molecular flexibility index (Phi) is 11.7. The summed E-state index contributed by atoms with van der Waals surface area (Å²) in [6.45, 7) is 7.06. The molecule has 51 heavy (non-hydrogen) atoms. The Morgan fingerprint density at radius 2 is 1.55 bits per heavy atom. The number of nitrogens with one attached hydrogen (secondary N) is 1. The molecule has 4 aromatic carbocycles. The third-order valence-electron chi connectivity index (χ3n) is 8.40. The van der Waals surface area contributed by atoms with E-state index in [1.807, 2.05) is 54.6 Å². The van der Waals surface area contributed by atoms with E-state index in [4.69, 9.17) is 18.5 Å². The number of benzene rings is 4. The molecule has 0 atom stereocenters. The third-order valence-corrected chi connectivity index (χ3v) is 10.5. The van der Waals surface area contributed by atoms with Gasteiger partial charge in [0.2, 0.25) is 0 Å². The number of halogens is 3. The molecule has 13 heteroatoms. The van der Waals surface area contributed by atoms with Crippen LogP contribution < -0.4 is 14.2 Å². The maximum absolute atomic E-state index is 13.0. The van der Waals surface area contributed by atoms with E-state index in [1.165, 1.54) is 12.1 Å². The van der Waals surface area contributed by atoms with Crippen LogP contribution in [-0.2, 0) is 32.9 Å². The van der Waals surface area contributed by atoms with Crippen molar-refractivity contribution in [1.82, 2.24) is 14.9 Å². The number of aromatic nitrogens is 2. The fourth-order valence-corrected chi connectivity index (χ4v) is 7.81. The molecule has 0 bridgehead atoms. The number of hydrogen-bond acceptors (Lipinski definition) is 8. The fraction of sp³-hybridized carbons (Fsp3) is 0.342. The van der Waals surface area contributed by atoms with Crippen molar-refractivity contribution in [3.8, 4) is 28.6 Å². The van der Waals surface area contributed by atoms with E-state index in [2.05, 4.69) is 31.7 Å². The molecule has 1 aromatic heterocycles. The second-order valence-corrected chi connectivity index (χ2v) is 14.3. The number of para-hydroxylation sites is 2. The van der Waals surface area contributed by atoms with Crippen LogP contribution in [0, 0.1) is 0 Å². The lowest BCUT2D eigenvalue weighted by Gasteiger charge is -2.32. The van der Waals surface area contributed by atoms with Crippen LogP contribution in [0.2, 0.25) is 0 Å². The smallest absolute Gasteiger partial charge is 0.486 e. The van der Waals surface area contributed by atoms with Crippen LogP contribution in [0.25, 0.3) is 22.4 Å². The summed E-state index contributed by atoms with van der Waals surface area (Å²) in [5.41, 5.74) is 5.23. The first-order valence-corrected chi connectivity index (χ1v) is 18.7. The zero-order valence-electron chi connectivity index (χ0n) is 28.5. The number of aromatic amines is 1. The van der Waals surface area contributed by atoms with Crippen LogP contribution in [0.5, 0.6) is 17.2 Å². The summed E-state index contributed by atoms with van der Waals surface area (Å²) in [5, 5.41) is 0. The average molecular weight is 724 g/mol. The van der Waals surface area contributed by atoms with Crippen molar-refractivity contribution in [2.24, 2.45) is 0 Å². The molecule has 0 spiro atoms. The first-order chi connectivity index (χ1) is 24.6. The van der Waals surface area contributed by atoms with Crippen LogP contribution in [0.1, 0.15) is 43.4 Å². The van der Waals surface area contributed by atoms with Crippen molar-refractivity contribution in [3.05, 3.63) is 108 Å². The van der Waals surface area contributed by atoms with Crippen molar-refractivity contribution < 1.29 is 41.0 Å². The fourth-order valence-electron chi connectivity index (χ4n) is 6.12. The maximum Gasteiger partial charge on any atom is 0.573 e. The van der Waals surface area contributed by atoms with E-state index < -0.39 is 14.0 Å². The quantitative estimate of drug-likeness (QED) is 0.107. The monoisotopic (exact) mass is 723 g/mol. The Morgan fingerprint density at radius 3 is 2.25 bits per heavy atom. The van der Waals surface area contributed by atoms with Gasteiger partial charge in [-0.25, -0.2) is 4.98 Å². The first-order valence-electron chi connectivity index (χ1n) is 17.0. The van der Waals surface area contributed by atoms with Crippen molar-refractivity contribution in [1.29, 1.82) is 0 Å². The van der Waals surface area contributed by atoms with Crippen molar-refractivity contribution in [3.63, 3.8) is 0 Å². The number of nitrogens with zero attached hydrogens (tertiary/aromatic N) is 2. The van der Waals surface area contributed by atoms with E-state index in [1.54, 1.807) is 26.0 Å². The Labute approximate surface area is 295 Å². The van der Waals surface area contributed by atoms with E-state index >= 15 is 0 Å². The number of imidazole rings is 1. The highest BCUT2D eigenvalue weighted by molar-refractivity contribution is 7.53. The molecule has 0 aliphatic carbocycles. The number of alkyl halides is 3. The Hall–Kier alpha value is -4.35. The lowest BCUT2D eigenvalue weighted by molar-refractivity contribution is -0.274. The van der Waals surface area contributed by atoms with Gasteiger partial charge in [-0.05, 0) is 91.9 Å². The summed E-state index contributed by atoms with van der Waals surface area (Å²) in [4.78, 5) is 10.3. The number of H-pyrrole nitrogens is 1. The highest BCUT2D eigenvalue weighted by atomic mass is 31.2. The molecule has 0 amide bonds. The zero-order valence-corrected chi connectivity index (χ0v) is 29.4. The minimum Gasteiger partial charge on any atom is -0.486 e. The van der Waals surface area contributed by atoms with Gasteiger partial charge in [-0.2, -0.15) is 0 Å². The molecule has 2 heterocycles. The van der Waals surface area contributed by atoms with Crippen LogP contribution in [0.3, 0.4) is 0 Å². The lowest BCUT2D eigenvalue weighted by Crippen LogP contribution is -2.37. The van der Waals surface area contributed by atoms with Gasteiger partial charge >= 0.3 is 14.0 Å². The van der Waals surface area contributed by atoms with E-state index in [0.29, 0.717) is 42.7 Å². The second kappa shape index (κ2) is 16.3. The van der Waals surface area contributed by atoms with Gasteiger partial charge in [0.15, 0.2) is 11.5 Å². The molecule has 0 unspecified atom stereocenters. The molecule has 1 fully saturated rings. The normalized spacial score (nSPS) is 14.5. The molecule has 0 radical (unpaired) electrons. The van der Waals surface area contributed by atoms with E-state index in [-0.39, 0.29) is 18.0 Å². The SMILES string of the molecule is CCOP(=O)(Cc1cccc(COc2ccccc2OC2CCN(Cc3ccc4nc(-c5ccc(OC(F)(F)F)cc5)[nH]c4c3)CC2)c1)OCC. The summed E-state index contributed by atoms with van der Waals surface area (Å²) in [6, 6.07) is 27.2. The summed E-state index contributed by atoms with van der Waals surface area (Å²) >= 11 is 0. The molecule has 5 aromatic rings. The van der Waals surface area contributed by atoms with Gasteiger partial charge < -0.3 is 28.2 Å². The number of ether oxygens (including phenoxy) is 3. The van der Waals surface area contributed by atoms with E-state index in [9.17, 15) is 17.7 Å². The topological polar surface area (TPSA) is 95.1 Å². The highest BCUT2D eigenvalue weighted by Crippen LogP contribution is 2.51.